The van der Waals surface area contributed by atoms with Crippen molar-refractivity contribution in [3.63, 3.8) is 0 Å². The Morgan fingerprint density at radius 3 is 1.00 bits per heavy atom. The second-order valence-corrected chi connectivity index (χ2v) is 0. The molecule has 0 saturated heterocycles. The van der Waals surface area contributed by atoms with Crippen LogP contribution in [0.3, 0.4) is 0 Å². The van der Waals surface area contributed by atoms with E-state index in [1.165, 1.54) is 0 Å². The van der Waals surface area contributed by atoms with Crippen LogP contribution in [-0.4, -0.2) is 23.1 Å². The van der Waals surface area contributed by atoms with Crippen LogP contribution in [-0.2, 0) is 98.8 Å². The van der Waals surface area contributed by atoms with Crippen molar-refractivity contribution in [1.82, 2.24) is 0 Å². The molecule has 0 nitrogen and oxygen atoms in total. The Kier molecular flexibility index (Phi) is 313. The Bertz CT molecular complexity index is 15.5. The van der Waals surface area contributed by atoms with Gasteiger partial charge in [0.1, 0.15) is 0 Å². The monoisotopic (exact) mass is 329 g/mol. The zero-order valence-electron chi connectivity index (χ0n) is 2.10. The van der Waals surface area contributed by atoms with E-state index in [2.05, 4.69) is 0 Å². The first-order valence-electron chi connectivity index (χ1n) is 0. The number of hydrogen-bond donors (Lipinski definition) is 0. The molecule has 35 valence electrons. The van der Waals surface area contributed by atoms with Crippen molar-refractivity contribution in [2.45, 2.75) is 0 Å². The van der Waals surface area contributed by atoms with Crippen molar-refractivity contribution in [3.05, 3.63) is 0 Å². The molecule has 0 aliphatic rings. The van der Waals surface area contributed by atoms with Gasteiger partial charge in [-0.15, -0.1) is 0 Å². The van der Waals surface area contributed by atoms with Crippen molar-refractivity contribution in [2.75, 3.05) is 0 Å². The first-order chi connectivity index (χ1) is 0. The SMILES string of the molecule is [Cr].[MgH2].[Mn].[Ni].[Ti].[Zr]. The maximum atomic E-state index is 0. The Morgan fingerprint density at radius 1 is 1.00 bits per heavy atom. The fourth-order valence-electron chi connectivity index (χ4n) is 0. The van der Waals surface area contributed by atoms with E-state index in [0.717, 1.165) is 0 Å². The van der Waals surface area contributed by atoms with Crippen LogP contribution in [0.2, 0.25) is 0 Å². The predicted octanol–water partition coefficient (Wildman–Crippen LogP) is -0.929. The zero-order chi connectivity index (χ0) is 0. The van der Waals surface area contributed by atoms with E-state index in [1.54, 1.807) is 0 Å². The van der Waals surface area contributed by atoms with E-state index in [9.17, 15) is 0 Å². The molecule has 0 aromatic carbocycles. The summed E-state index contributed by atoms with van der Waals surface area (Å²) in [4.78, 5) is 0. The summed E-state index contributed by atoms with van der Waals surface area (Å²) in [5.41, 5.74) is 0. The predicted molar refractivity (Wildman–Crippen MR) is 8.54 cm³/mol. The summed E-state index contributed by atoms with van der Waals surface area (Å²) in [6.45, 7) is 0. The molecule has 0 N–H and O–H groups in total. The average Bonchev–Trinajstić information content (AvgIpc) is 0. The van der Waals surface area contributed by atoms with Gasteiger partial charge >= 0.3 is 23.1 Å². The van der Waals surface area contributed by atoms with Crippen LogP contribution in [0.1, 0.15) is 0 Å². The van der Waals surface area contributed by atoms with Gasteiger partial charge in [0.25, 0.3) is 0 Å². The normalized spacial score (nSPS) is 0. The van der Waals surface area contributed by atoms with Crippen molar-refractivity contribution in [3.8, 4) is 0 Å². The largest absolute Gasteiger partial charge is 0.316 e. The molecule has 0 aromatic rings. The van der Waals surface area contributed by atoms with E-state index in [4.69, 9.17) is 0 Å². The van der Waals surface area contributed by atoms with Crippen molar-refractivity contribution >= 4 is 23.1 Å². The zero-order valence-corrected chi connectivity index (χ0v) is 9.57. The van der Waals surface area contributed by atoms with Gasteiger partial charge in [-0.2, -0.15) is 0 Å². The van der Waals surface area contributed by atoms with Crippen molar-refractivity contribution in [1.29, 1.82) is 0 Å². The first kappa shape index (κ1) is 51.5. The van der Waals surface area contributed by atoms with Crippen LogP contribution in [0.25, 0.3) is 0 Å². The second kappa shape index (κ2) is 36.5. The minimum absolute atomic E-state index is 0. The first-order valence-corrected chi connectivity index (χ1v) is 0. The molecule has 0 heterocycles. The third-order valence-corrected chi connectivity index (χ3v) is 0. The molecule has 0 fully saturated rings. The second-order valence-electron chi connectivity index (χ2n) is 0. The molecule has 0 rings (SSSR count). The minimum Gasteiger partial charge on any atom is 0 e. The molecule has 0 unspecified atom stereocenters. The molecule has 1 radical (unpaired) electrons. The van der Waals surface area contributed by atoms with E-state index < -0.39 is 0 Å². The molecule has 6 heteroatoms. The fraction of sp³-hybridized carbons (Fsp3) is 0. The Labute approximate surface area is 119 Å². The molecular formula is H2CrMgMnNiTiZr. The van der Waals surface area contributed by atoms with E-state index in [-0.39, 0.29) is 122 Å². The van der Waals surface area contributed by atoms with E-state index >= 15 is 0 Å². The molecule has 0 spiro atoms. The topological polar surface area (TPSA) is 0 Å². The molecule has 0 aliphatic heterocycles. The Hall–Kier alpha value is 3.91. The van der Waals surface area contributed by atoms with Crippen LogP contribution < -0.4 is 0 Å². The summed E-state index contributed by atoms with van der Waals surface area (Å²) in [5.74, 6) is 0. The van der Waals surface area contributed by atoms with Gasteiger partial charge in [0, 0.05) is 98.8 Å². The quantitative estimate of drug-likeness (QED) is 0.504. The van der Waals surface area contributed by atoms with Crippen molar-refractivity contribution in [2.24, 2.45) is 0 Å². The molecule has 0 bridgehead atoms. The van der Waals surface area contributed by atoms with Crippen LogP contribution in [0.15, 0.2) is 0 Å². The van der Waals surface area contributed by atoms with Gasteiger partial charge in [0.05, 0.1) is 0 Å². The summed E-state index contributed by atoms with van der Waals surface area (Å²) in [7, 11) is 0. The van der Waals surface area contributed by atoms with Crippen LogP contribution in [0, 0.1) is 0 Å². The third-order valence-electron chi connectivity index (χ3n) is 0. The molecule has 0 saturated carbocycles. The Morgan fingerprint density at radius 2 is 1.00 bits per heavy atom. The van der Waals surface area contributed by atoms with Crippen LogP contribution in [0.5, 0.6) is 0 Å². The van der Waals surface area contributed by atoms with E-state index in [1.807, 2.05) is 0 Å². The molecule has 0 atom stereocenters. The molecule has 6 heavy (non-hydrogen) atoms. The Balaban J connectivity index is 0. The van der Waals surface area contributed by atoms with Gasteiger partial charge in [-0.05, 0) is 0 Å². The fourth-order valence-corrected chi connectivity index (χ4v) is 0. The summed E-state index contributed by atoms with van der Waals surface area (Å²) in [6.07, 6.45) is 0. The standard InChI is InChI=1S/Cr.Mg.Mn.Ni.Ti.Zr.2H. The summed E-state index contributed by atoms with van der Waals surface area (Å²) in [5, 5.41) is 0. The maximum absolute atomic E-state index is 0. The minimum atomic E-state index is 0. The average molecular weight is 331 g/mol. The van der Waals surface area contributed by atoms with Gasteiger partial charge in [0.15, 0.2) is 0 Å². The molecule has 0 amide bonds. The van der Waals surface area contributed by atoms with Gasteiger partial charge in [-0.25, -0.2) is 0 Å². The summed E-state index contributed by atoms with van der Waals surface area (Å²) >= 11 is 0. The van der Waals surface area contributed by atoms with Gasteiger partial charge < -0.3 is 0 Å². The summed E-state index contributed by atoms with van der Waals surface area (Å²) < 4.78 is 0. The van der Waals surface area contributed by atoms with Crippen LogP contribution >= 0.6 is 0 Å². The third kappa shape index (κ3) is 24.7. The number of hydrogen-bond acceptors (Lipinski definition) is 0. The van der Waals surface area contributed by atoms with Gasteiger partial charge in [-0.3, -0.25) is 0 Å². The molecule has 0 aromatic heterocycles. The van der Waals surface area contributed by atoms with E-state index in [0.29, 0.717) is 0 Å². The number of rotatable bonds is 0. The van der Waals surface area contributed by atoms with Gasteiger partial charge in [-0.1, -0.05) is 0 Å². The smallest absolute Gasteiger partial charge is 0 e. The molecule has 0 aliphatic carbocycles. The van der Waals surface area contributed by atoms with Gasteiger partial charge in [0.2, 0.25) is 0 Å². The molecular weight excluding hydrogens is 329 g/mol. The summed E-state index contributed by atoms with van der Waals surface area (Å²) in [6, 6.07) is 0. The maximum Gasteiger partial charge on any atom is 0.316 e. The van der Waals surface area contributed by atoms with Crippen LogP contribution in [0.4, 0.5) is 0 Å². The van der Waals surface area contributed by atoms with Crippen molar-refractivity contribution < 1.29 is 98.8 Å².